The summed E-state index contributed by atoms with van der Waals surface area (Å²) < 4.78 is 24.5. The molecule has 0 fully saturated rings. The summed E-state index contributed by atoms with van der Waals surface area (Å²) in [4.78, 5) is 10.0. The highest BCUT2D eigenvalue weighted by atomic mass is 19.1. The van der Waals surface area contributed by atoms with Gasteiger partial charge >= 0.3 is 0 Å². The maximum absolute atomic E-state index is 12.3. The van der Waals surface area contributed by atoms with Gasteiger partial charge in [0.15, 0.2) is 0 Å². The molecule has 2 nitrogen and oxygen atoms in total. The van der Waals surface area contributed by atoms with E-state index < -0.39 is 13.3 Å². The molecule has 0 unspecified atom stereocenters. The molecule has 0 spiro atoms. The molecule has 13 heavy (non-hydrogen) atoms. The zero-order valence-electron chi connectivity index (χ0n) is 6.89. The number of anilines is 1. The van der Waals surface area contributed by atoms with Crippen molar-refractivity contribution in [3.8, 4) is 0 Å². The van der Waals surface area contributed by atoms with Crippen LogP contribution in [0.25, 0.3) is 0 Å². The van der Waals surface area contributed by atoms with Gasteiger partial charge in [-0.05, 0) is 23.3 Å². The van der Waals surface area contributed by atoms with Crippen LogP contribution in [0.15, 0.2) is 18.2 Å². The van der Waals surface area contributed by atoms with E-state index in [1.54, 1.807) is 0 Å². The minimum Gasteiger partial charge on any atom is -0.329 e. The van der Waals surface area contributed by atoms with Crippen molar-refractivity contribution in [1.29, 1.82) is 0 Å². The van der Waals surface area contributed by atoms with Crippen molar-refractivity contribution in [2.24, 2.45) is 0 Å². The lowest BCUT2D eigenvalue weighted by molar-refractivity contribution is -0.105. The minimum atomic E-state index is -0.729. The standard InChI is InChI=1S/C9H9F2NO/c10-4-7-1-2-9(12-6-13)3-8(7)5-11/h1-3,6H,4-5H2,(H,12,13). The normalized spacial score (nSPS) is 9.69. The molecule has 0 saturated carbocycles. The van der Waals surface area contributed by atoms with Crippen molar-refractivity contribution in [2.75, 3.05) is 5.32 Å². The Balaban J connectivity index is 2.98. The lowest BCUT2D eigenvalue weighted by Gasteiger charge is -2.04. The molecule has 0 heterocycles. The number of benzene rings is 1. The molecule has 4 heteroatoms. The van der Waals surface area contributed by atoms with Crippen molar-refractivity contribution in [3.63, 3.8) is 0 Å². The van der Waals surface area contributed by atoms with Gasteiger partial charge in [-0.15, -0.1) is 0 Å². The van der Waals surface area contributed by atoms with Crippen molar-refractivity contribution >= 4 is 12.1 Å². The van der Waals surface area contributed by atoms with Crippen LogP contribution in [0.1, 0.15) is 11.1 Å². The maximum Gasteiger partial charge on any atom is 0.211 e. The summed E-state index contributed by atoms with van der Waals surface area (Å²) in [5.74, 6) is 0. The van der Waals surface area contributed by atoms with Crippen molar-refractivity contribution < 1.29 is 13.6 Å². The van der Waals surface area contributed by atoms with Gasteiger partial charge in [0.2, 0.25) is 6.41 Å². The molecule has 0 aliphatic carbocycles. The predicted octanol–water partition coefficient (Wildman–Crippen LogP) is 2.19. The second-order valence-electron chi connectivity index (χ2n) is 2.51. The Morgan fingerprint density at radius 1 is 1.23 bits per heavy atom. The van der Waals surface area contributed by atoms with Gasteiger partial charge < -0.3 is 5.32 Å². The number of nitrogens with one attached hydrogen (secondary N) is 1. The molecule has 0 aromatic heterocycles. The first-order chi connectivity index (χ1) is 6.31. The lowest BCUT2D eigenvalue weighted by atomic mass is 10.1. The Kier molecular flexibility index (Phi) is 3.37. The molecular formula is C9H9F2NO. The summed E-state index contributed by atoms with van der Waals surface area (Å²) in [6, 6.07) is 4.41. The van der Waals surface area contributed by atoms with Crippen LogP contribution in [0.3, 0.4) is 0 Å². The van der Waals surface area contributed by atoms with Crippen molar-refractivity contribution in [2.45, 2.75) is 13.3 Å². The molecule has 0 aliphatic rings. The lowest BCUT2D eigenvalue weighted by Crippen LogP contribution is -1.96. The number of carbonyl (C=O) groups excluding carboxylic acids is 1. The van der Waals surface area contributed by atoms with Crippen molar-refractivity contribution in [3.05, 3.63) is 29.3 Å². The average molecular weight is 185 g/mol. The number of rotatable bonds is 4. The number of alkyl halides is 2. The SMILES string of the molecule is O=CNc1ccc(CF)c(CF)c1. The highest BCUT2D eigenvalue weighted by Crippen LogP contribution is 2.17. The third-order valence-electron chi connectivity index (χ3n) is 1.72. The smallest absolute Gasteiger partial charge is 0.211 e. The second kappa shape index (κ2) is 4.54. The molecule has 1 amide bonds. The molecule has 1 aromatic rings. The molecule has 0 bridgehead atoms. The summed E-state index contributed by atoms with van der Waals surface area (Å²) in [5.41, 5.74) is 1.06. The Morgan fingerprint density at radius 3 is 2.46 bits per heavy atom. The van der Waals surface area contributed by atoms with Crippen LogP contribution < -0.4 is 5.32 Å². The monoisotopic (exact) mass is 185 g/mol. The van der Waals surface area contributed by atoms with Gasteiger partial charge in [0.05, 0.1) is 0 Å². The largest absolute Gasteiger partial charge is 0.329 e. The van der Waals surface area contributed by atoms with E-state index in [0.717, 1.165) is 0 Å². The first-order valence-corrected chi connectivity index (χ1v) is 3.75. The third kappa shape index (κ3) is 2.24. The zero-order valence-corrected chi connectivity index (χ0v) is 6.89. The van der Waals surface area contributed by atoms with E-state index in [1.807, 2.05) is 0 Å². The van der Waals surface area contributed by atoms with Gasteiger partial charge in [0.25, 0.3) is 0 Å². The van der Waals surface area contributed by atoms with Gasteiger partial charge in [0.1, 0.15) is 13.3 Å². The van der Waals surface area contributed by atoms with Gasteiger partial charge in [-0.2, -0.15) is 0 Å². The number of hydrogen-bond donors (Lipinski definition) is 1. The zero-order chi connectivity index (χ0) is 9.68. The predicted molar refractivity (Wildman–Crippen MR) is 45.8 cm³/mol. The highest BCUT2D eigenvalue weighted by Gasteiger charge is 2.02. The van der Waals surface area contributed by atoms with E-state index in [4.69, 9.17) is 0 Å². The van der Waals surface area contributed by atoms with Gasteiger partial charge in [0, 0.05) is 5.69 Å². The second-order valence-corrected chi connectivity index (χ2v) is 2.51. The summed E-state index contributed by atoms with van der Waals surface area (Å²) in [5, 5.41) is 2.36. The minimum absolute atomic E-state index is 0.273. The van der Waals surface area contributed by atoms with E-state index >= 15 is 0 Å². The molecule has 0 atom stereocenters. The van der Waals surface area contributed by atoms with Crippen LogP contribution in [0.4, 0.5) is 14.5 Å². The van der Waals surface area contributed by atoms with E-state index in [1.165, 1.54) is 18.2 Å². The van der Waals surface area contributed by atoms with Crippen LogP contribution in [-0.4, -0.2) is 6.41 Å². The fraction of sp³-hybridized carbons (Fsp3) is 0.222. The van der Waals surface area contributed by atoms with Crippen LogP contribution in [0, 0.1) is 0 Å². The van der Waals surface area contributed by atoms with Gasteiger partial charge in [-0.1, -0.05) is 6.07 Å². The Bertz CT molecular complexity index is 302. The third-order valence-corrected chi connectivity index (χ3v) is 1.72. The molecular weight excluding hydrogens is 176 g/mol. The number of carbonyl (C=O) groups is 1. The van der Waals surface area contributed by atoms with Crippen LogP contribution >= 0.6 is 0 Å². The summed E-state index contributed by atoms with van der Waals surface area (Å²) in [6.07, 6.45) is 0.493. The molecule has 1 rings (SSSR count). The van der Waals surface area contributed by atoms with E-state index in [-0.39, 0.29) is 5.56 Å². The van der Waals surface area contributed by atoms with E-state index in [9.17, 15) is 13.6 Å². The number of amides is 1. The maximum atomic E-state index is 12.3. The Labute approximate surface area is 74.6 Å². The number of halogens is 2. The molecule has 1 aromatic carbocycles. The molecule has 0 radical (unpaired) electrons. The fourth-order valence-electron chi connectivity index (χ4n) is 1.04. The summed E-state index contributed by atoms with van der Waals surface area (Å²) >= 11 is 0. The number of hydrogen-bond acceptors (Lipinski definition) is 1. The van der Waals surface area contributed by atoms with Crippen molar-refractivity contribution in [1.82, 2.24) is 0 Å². The van der Waals surface area contributed by atoms with Gasteiger partial charge in [-0.3, -0.25) is 4.79 Å². The average Bonchev–Trinajstić information content (AvgIpc) is 2.18. The van der Waals surface area contributed by atoms with E-state index in [0.29, 0.717) is 17.7 Å². The summed E-state index contributed by atoms with van der Waals surface area (Å²) in [6.45, 7) is -1.42. The molecule has 70 valence electrons. The summed E-state index contributed by atoms with van der Waals surface area (Å²) in [7, 11) is 0. The highest BCUT2D eigenvalue weighted by molar-refractivity contribution is 5.71. The van der Waals surface area contributed by atoms with Crippen LogP contribution in [0.5, 0.6) is 0 Å². The fourth-order valence-corrected chi connectivity index (χ4v) is 1.04. The molecule has 0 aliphatic heterocycles. The first-order valence-electron chi connectivity index (χ1n) is 3.75. The Hall–Kier alpha value is -1.45. The van der Waals surface area contributed by atoms with Crippen LogP contribution in [0.2, 0.25) is 0 Å². The molecule has 1 N–H and O–H groups in total. The Morgan fingerprint density at radius 2 is 1.92 bits per heavy atom. The van der Waals surface area contributed by atoms with E-state index in [2.05, 4.69) is 5.32 Å². The topological polar surface area (TPSA) is 29.1 Å². The quantitative estimate of drug-likeness (QED) is 0.716. The first kappa shape index (κ1) is 9.64. The van der Waals surface area contributed by atoms with Crippen LogP contribution in [-0.2, 0) is 18.1 Å². The van der Waals surface area contributed by atoms with Gasteiger partial charge in [-0.25, -0.2) is 8.78 Å². The molecule has 0 saturated heterocycles.